The maximum atomic E-state index is 12.7. The summed E-state index contributed by atoms with van der Waals surface area (Å²) >= 11 is 7.78. The third-order valence-electron chi connectivity index (χ3n) is 7.79. The van der Waals surface area contributed by atoms with Gasteiger partial charge in [-0.05, 0) is 54.7 Å². The smallest absolute Gasteiger partial charge is 0.223 e. The SMILES string of the molecule is COCCNC(=O)[C@@H](C)C1CC[C@@]2(C)Cc3sc(COc4cccc(Cl)c4)nc3[C@@H](C)[C@@H]2[C@H]1O. The first-order chi connectivity index (χ1) is 16.2. The number of amides is 1. The average Bonchev–Trinajstić information content (AvgIpc) is 3.20. The molecule has 1 aromatic heterocycles. The Balaban J connectivity index is 1.48. The fraction of sp³-hybridized carbons (Fsp3) is 0.615. The lowest BCUT2D eigenvalue weighted by Crippen LogP contribution is -2.53. The van der Waals surface area contributed by atoms with Gasteiger partial charge in [-0.15, -0.1) is 11.3 Å². The van der Waals surface area contributed by atoms with Gasteiger partial charge in [0.2, 0.25) is 5.91 Å². The van der Waals surface area contributed by atoms with Crippen LogP contribution in [-0.2, 0) is 22.6 Å². The second-order valence-electron chi connectivity index (χ2n) is 10.1. The molecule has 0 bridgehead atoms. The number of benzene rings is 1. The minimum atomic E-state index is -0.544. The number of carbonyl (C=O) groups is 1. The Hall–Kier alpha value is -1.67. The summed E-state index contributed by atoms with van der Waals surface area (Å²) < 4.78 is 11.0. The van der Waals surface area contributed by atoms with Crippen LogP contribution < -0.4 is 10.1 Å². The van der Waals surface area contributed by atoms with Crippen molar-refractivity contribution >= 4 is 28.8 Å². The normalized spacial score (nSPS) is 29.1. The van der Waals surface area contributed by atoms with Crippen LogP contribution in [0.25, 0.3) is 0 Å². The number of rotatable bonds is 8. The van der Waals surface area contributed by atoms with Gasteiger partial charge in [-0.3, -0.25) is 4.79 Å². The van der Waals surface area contributed by atoms with Crippen LogP contribution in [0.15, 0.2) is 24.3 Å². The molecule has 8 heteroatoms. The number of hydrogen-bond acceptors (Lipinski definition) is 6. The van der Waals surface area contributed by atoms with Crippen LogP contribution in [0.1, 0.15) is 55.1 Å². The van der Waals surface area contributed by atoms with Crippen molar-refractivity contribution in [1.82, 2.24) is 10.3 Å². The zero-order chi connectivity index (χ0) is 24.5. The second kappa shape index (κ2) is 10.5. The molecular weight excluding hydrogens is 472 g/mol. The second-order valence-corrected chi connectivity index (χ2v) is 11.7. The molecule has 0 radical (unpaired) electrons. The quantitative estimate of drug-likeness (QED) is 0.501. The lowest BCUT2D eigenvalue weighted by molar-refractivity contribution is -0.135. The molecule has 1 aromatic carbocycles. The number of carbonyl (C=O) groups excluding carboxylic acids is 1. The van der Waals surface area contributed by atoms with Crippen molar-refractivity contribution in [3.8, 4) is 5.75 Å². The molecule has 1 fully saturated rings. The van der Waals surface area contributed by atoms with E-state index in [9.17, 15) is 9.90 Å². The zero-order valence-corrected chi connectivity index (χ0v) is 21.9. The van der Waals surface area contributed by atoms with Crippen molar-refractivity contribution in [3.05, 3.63) is 44.9 Å². The van der Waals surface area contributed by atoms with E-state index in [4.69, 9.17) is 26.1 Å². The number of hydrogen-bond donors (Lipinski definition) is 2. The molecule has 6 nitrogen and oxygen atoms in total. The summed E-state index contributed by atoms with van der Waals surface area (Å²) in [7, 11) is 1.62. The molecule has 2 N–H and O–H groups in total. The van der Waals surface area contributed by atoms with E-state index >= 15 is 0 Å². The maximum Gasteiger partial charge on any atom is 0.223 e. The predicted molar refractivity (Wildman–Crippen MR) is 134 cm³/mol. The van der Waals surface area contributed by atoms with Gasteiger partial charge in [0.1, 0.15) is 17.4 Å². The first-order valence-corrected chi connectivity index (χ1v) is 13.2. The average molecular weight is 507 g/mol. The number of thiazole rings is 1. The van der Waals surface area contributed by atoms with Gasteiger partial charge in [-0.1, -0.05) is 38.4 Å². The number of aromatic nitrogens is 1. The summed E-state index contributed by atoms with van der Waals surface area (Å²) in [6.45, 7) is 7.78. The molecular formula is C26H35ClN2O4S. The molecule has 1 saturated carbocycles. The fourth-order valence-electron chi connectivity index (χ4n) is 5.99. The van der Waals surface area contributed by atoms with E-state index in [1.165, 1.54) is 4.88 Å². The van der Waals surface area contributed by atoms with Crippen LogP contribution in [0, 0.1) is 23.2 Å². The van der Waals surface area contributed by atoms with Crippen LogP contribution >= 0.6 is 22.9 Å². The minimum Gasteiger partial charge on any atom is -0.486 e. The number of aliphatic hydroxyl groups is 1. The molecule has 1 unspecified atom stereocenters. The molecule has 2 aromatic rings. The summed E-state index contributed by atoms with van der Waals surface area (Å²) in [6.07, 6.45) is 2.20. The summed E-state index contributed by atoms with van der Waals surface area (Å²) in [6, 6.07) is 7.38. The number of nitrogens with zero attached hydrogens (tertiary/aromatic N) is 1. The number of methoxy groups -OCH3 is 1. The molecule has 2 aliphatic carbocycles. The molecule has 2 aliphatic rings. The number of fused-ring (bicyclic) bond motifs is 2. The van der Waals surface area contributed by atoms with Gasteiger partial charge >= 0.3 is 0 Å². The summed E-state index contributed by atoms with van der Waals surface area (Å²) in [5.41, 5.74) is 1.07. The highest BCUT2D eigenvalue weighted by Gasteiger charge is 2.53. The van der Waals surface area contributed by atoms with Gasteiger partial charge in [0, 0.05) is 35.4 Å². The number of ether oxygens (including phenoxy) is 2. The van der Waals surface area contributed by atoms with E-state index in [0.29, 0.717) is 24.8 Å². The Bertz CT molecular complexity index is 1010. The van der Waals surface area contributed by atoms with Crippen LogP contribution in [0.4, 0.5) is 0 Å². The van der Waals surface area contributed by atoms with Crippen LogP contribution in [0.2, 0.25) is 5.02 Å². The van der Waals surface area contributed by atoms with Crippen molar-refractivity contribution in [2.75, 3.05) is 20.3 Å². The van der Waals surface area contributed by atoms with E-state index in [1.54, 1.807) is 24.5 Å². The lowest BCUT2D eigenvalue weighted by atomic mass is 9.53. The molecule has 0 aliphatic heterocycles. The lowest BCUT2D eigenvalue weighted by Gasteiger charge is -2.53. The van der Waals surface area contributed by atoms with Gasteiger partial charge in [0.15, 0.2) is 0 Å². The Morgan fingerprint density at radius 3 is 2.97 bits per heavy atom. The highest BCUT2D eigenvalue weighted by molar-refractivity contribution is 7.11. The zero-order valence-electron chi connectivity index (χ0n) is 20.3. The third-order valence-corrected chi connectivity index (χ3v) is 9.07. The highest BCUT2D eigenvalue weighted by atomic mass is 35.5. The Morgan fingerprint density at radius 2 is 2.24 bits per heavy atom. The number of aliphatic hydroxyl groups excluding tert-OH is 1. The summed E-state index contributed by atoms with van der Waals surface area (Å²) in [5.74, 6) is 0.590. The number of nitrogens with one attached hydrogen (secondary N) is 1. The molecule has 4 rings (SSSR count). The van der Waals surface area contributed by atoms with Crippen LogP contribution in [0.5, 0.6) is 5.75 Å². The minimum absolute atomic E-state index is 0.00774. The largest absolute Gasteiger partial charge is 0.486 e. The van der Waals surface area contributed by atoms with Crippen LogP contribution in [-0.4, -0.2) is 42.4 Å². The molecule has 1 amide bonds. The molecule has 186 valence electrons. The highest BCUT2D eigenvalue weighted by Crippen LogP contribution is 2.57. The van der Waals surface area contributed by atoms with Crippen molar-refractivity contribution in [1.29, 1.82) is 0 Å². The van der Waals surface area contributed by atoms with Crippen molar-refractivity contribution in [2.45, 2.75) is 58.7 Å². The van der Waals surface area contributed by atoms with Crippen molar-refractivity contribution in [3.63, 3.8) is 0 Å². The first kappa shape index (κ1) is 25.4. The third kappa shape index (κ3) is 5.13. The van der Waals surface area contributed by atoms with E-state index in [0.717, 1.165) is 35.7 Å². The van der Waals surface area contributed by atoms with E-state index in [1.807, 2.05) is 25.1 Å². The summed E-state index contributed by atoms with van der Waals surface area (Å²) in [4.78, 5) is 18.9. The van der Waals surface area contributed by atoms with Gasteiger partial charge < -0.3 is 19.9 Å². The molecule has 0 spiro atoms. The molecule has 0 saturated heterocycles. The molecule has 6 atom stereocenters. The maximum absolute atomic E-state index is 12.7. The Labute approximate surface area is 211 Å². The molecule has 1 heterocycles. The predicted octanol–water partition coefficient (Wildman–Crippen LogP) is 4.83. The Morgan fingerprint density at radius 1 is 1.44 bits per heavy atom. The monoisotopic (exact) mass is 506 g/mol. The van der Waals surface area contributed by atoms with Gasteiger partial charge in [0.05, 0.1) is 18.4 Å². The Kier molecular flexibility index (Phi) is 7.87. The van der Waals surface area contributed by atoms with Crippen molar-refractivity contribution in [2.24, 2.45) is 23.2 Å². The van der Waals surface area contributed by atoms with E-state index in [-0.39, 0.29) is 35.0 Å². The standard InChI is InChI=1S/C26H35ClN2O4S/c1-15(25(31)28-10-11-32-4)19-8-9-26(3)13-20-23(16(2)22(26)24(19)30)29-21(34-20)14-33-18-7-5-6-17(27)12-18/h5-7,12,15-16,19,22,24,30H,8-11,13-14H2,1-4H3,(H,28,31)/t15-,16-,19?,22+,24-,26-/m0/s1. The topological polar surface area (TPSA) is 80.7 Å². The molecule has 34 heavy (non-hydrogen) atoms. The summed E-state index contributed by atoms with van der Waals surface area (Å²) in [5, 5.41) is 16.1. The number of halogens is 1. The van der Waals surface area contributed by atoms with E-state index in [2.05, 4.69) is 19.2 Å². The first-order valence-electron chi connectivity index (χ1n) is 12.0. The van der Waals surface area contributed by atoms with Crippen LogP contribution in [0.3, 0.4) is 0 Å². The fourth-order valence-corrected chi connectivity index (χ4v) is 7.46. The van der Waals surface area contributed by atoms with E-state index < -0.39 is 6.10 Å². The van der Waals surface area contributed by atoms with Gasteiger partial charge in [-0.25, -0.2) is 4.98 Å². The van der Waals surface area contributed by atoms with Gasteiger partial charge in [-0.2, -0.15) is 0 Å². The van der Waals surface area contributed by atoms with Crippen molar-refractivity contribution < 1.29 is 19.4 Å². The van der Waals surface area contributed by atoms with Gasteiger partial charge in [0.25, 0.3) is 0 Å².